The number of rotatable bonds is 8. The Labute approximate surface area is 214 Å². The Morgan fingerprint density at radius 3 is 2.31 bits per heavy atom. The molecule has 0 aliphatic carbocycles. The summed E-state index contributed by atoms with van der Waals surface area (Å²) in [6.45, 7) is 9.66. The summed E-state index contributed by atoms with van der Waals surface area (Å²) in [6.07, 6.45) is 0. The van der Waals surface area contributed by atoms with Gasteiger partial charge in [0.2, 0.25) is 0 Å². The number of methoxy groups -OCH3 is 1. The summed E-state index contributed by atoms with van der Waals surface area (Å²) in [4.78, 5) is 31.8. The molecule has 36 heavy (non-hydrogen) atoms. The smallest absolute Gasteiger partial charge is 0.253 e. The predicted octanol–water partition coefficient (Wildman–Crippen LogP) is 3.90. The first-order valence-electron chi connectivity index (χ1n) is 12.2. The molecule has 1 amide bonds. The van der Waals surface area contributed by atoms with Crippen molar-refractivity contribution < 1.29 is 14.3 Å². The van der Waals surface area contributed by atoms with Crippen LogP contribution >= 0.6 is 0 Å². The summed E-state index contributed by atoms with van der Waals surface area (Å²) < 4.78 is 5.79. The summed E-state index contributed by atoms with van der Waals surface area (Å²) in [6, 6.07) is 7.52. The number of Topliss-reactive ketones (excluding diaryl/α,β-unsaturated/α-hetero) is 1. The molecular formula is C28H39N5O3. The molecule has 3 rings (SSSR count). The van der Waals surface area contributed by atoms with Crippen molar-refractivity contribution in [2.24, 2.45) is 0 Å². The van der Waals surface area contributed by atoms with Gasteiger partial charge in [-0.05, 0) is 42.2 Å². The van der Waals surface area contributed by atoms with Gasteiger partial charge in [-0.15, -0.1) is 0 Å². The molecule has 0 unspecified atom stereocenters. The number of nitrogens with zero attached hydrogens (tertiary/aromatic N) is 3. The van der Waals surface area contributed by atoms with Gasteiger partial charge in [-0.1, -0.05) is 20.8 Å². The molecular weight excluding hydrogens is 454 g/mol. The number of ketones is 1. The van der Waals surface area contributed by atoms with E-state index in [4.69, 9.17) is 10.1 Å². The second kappa shape index (κ2) is 10.2. The molecule has 1 heterocycles. The molecule has 8 nitrogen and oxygen atoms in total. The first-order valence-corrected chi connectivity index (χ1v) is 12.2. The van der Waals surface area contributed by atoms with Crippen LogP contribution in [0, 0.1) is 5.41 Å². The number of amides is 1. The highest BCUT2D eigenvalue weighted by Gasteiger charge is 2.30. The fraction of sp³-hybridized carbons (Fsp3) is 0.464. The Bertz CT molecular complexity index is 1200. The lowest BCUT2D eigenvalue weighted by Gasteiger charge is -2.28. The largest absolute Gasteiger partial charge is 0.494 e. The highest BCUT2D eigenvalue weighted by molar-refractivity contribution is 6.08. The van der Waals surface area contributed by atoms with E-state index < -0.39 is 0 Å². The van der Waals surface area contributed by atoms with E-state index in [1.807, 2.05) is 44.2 Å². The van der Waals surface area contributed by atoms with Crippen LogP contribution < -0.4 is 19.9 Å². The Hall–Kier alpha value is -3.55. The number of ether oxygens (including phenoxy) is 1. The van der Waals surface area contributed by atoms with Crippen LogP contribution in [0.25, 0.3) is 0 Å². The SMILES string of the molecule is CCN(C)c1cc(C(=O)CN2Cc3cc(N(C)C)c(C(=O)NC)cc3C2=N)cc(C(C)(C)C)c1OC. The van der Waals surface area contributed by atoms with Crippen LogP contribution in [-0.2, 0) is 12.0 Å². The standard InChI is InChI=1S/C28H39N5O3/c1-10-32(8)23-12-17(11-21(25(23)36-9)28(2,3)4)24(34)16-33-15-18-13-22(31(6)7)20(27(35)30-5)14-19(18)26(33)29/h11-14,29H,10,15-16H2,1-9H3,(H,30,35). The topological polar surface area (TPSA) is 89.0 Å². The lowest BCUT2D eigenvalue weighted by atomic mass is 9.84. The minimum Gasteiger partial charge on any atom is -0.494 e. The van der Waals surface area contributed by atoms with Gasteiger partial charge in [-0.3, -0.25) is 15.0 Å². The molecule has 0 fully saturated rings. The van der Waals surface area contributed by atoms with Crippen molar-refractivity contribution in [1.82, 2.24) is 10.2 Å². The minimum absolute atomic E-state index is 0.0641. The Morgan fingerprint density at radius 1 is 1.11 bits per heavy atom. The van der Waals surface area contributed by atoms with Crippen LogP contribution in [-0.4, -0.2) is 70.8 Å². The van der Waals surface area contributed by atoms with Crippen LogP contribution in [0.4, 0.5) is 11.4 Å². The van der Waals surface area contributed by atoms with Crippen molar-refractivity contribution in [3.8, 4) is 5.75 Å². The monoisotopic (exact) mass is 493 g/mol. The number of hydrogen-bond donors (Lipinski definition) is 2. The van der Waals surface area contributed by atoms with E-state index in [9.17, 15) is 9.59 Å². The number of benzene rings is 2. The molecule has 0 saturated heterocycles. The van der Waals surface area contributed by atoms with Crippen molar-refractivity contribution in [3.63, 3.8) is 0 Å². The molecule has 2 aromatic rings. The number of anilines is 2. The van der Waals surface area contributed by atoms with E-state index in [1.165, 1.54) is 0 Å². The number of carbonyl (C=O) groups is 2. The summed E-state index contributed by atoms with van der Waals surface area (Å²) in [5.74, 6) is 0.766. The summed E-state index contributed by atoms with van der Waals surface area (Å²) in [5, 5.41) is 11.4. The lowest BCUT2D eigenvalue weighted by Crippen LogP contribution is -2.31. The zero-order chi connectivity index (χ0) is 26.9. The molecule has 0 saturated carbocycles. The fourth-order valence-electron chi connectivity index (χ4n) is 4.52. The lowest BCUT2D eigenvalue weighted by molar-refractivity contribution is 0.0955. The summed E-state index contributed by atoms with van der Waals surface area (Å²) >= 11 is 0. The zero-order valence-electron chi connectivity index (χ0n) is 23.0. The summed E-state index contributed by atoms with van der Waals surface area (Å²) in [5.41, 5.74) is 5.13. The molecule has 0 aromatic heterocycles. The highest BCUT2D eigenvalue weighted by atomic mass is 16.5. The first-order chi connectivity index (χ1) is 16.8. The molecule has 0 spiro atoms. The van der Waals surface area contributed by atoms with Crippen LogP contribution in [0.2, 0.25) is 0 Å². The van der Waals surface area contributed by atoms with Gasteiger partial charge < -0.3 is 24.8 Å². The molecule has 0 bridgehead atoms. The molecule has 2 N–H and O–H groups in total. The zero-order valence-corrected chi connectivity index (χ0v) is 23.0. The van der Waals surface area contributed by atoms with Crippen molar-refractivity contribution >= 4 is 28.9 Å². The van der Waals surface area contributed by atoms with E-state index in [1.54, 1.807) is 25.1 Å². The van der Waals surface area contributed by atoms with Crippen molar-refractivity contribution in [1.29, 1.82) is 5.41 Å². The number of carbonyl (C=O) groups excluding carboxylic acids is 2. The number of nitrogens with one attached hydrogen (secondary N) is 2. The maximum absolute atomic E-state index is 13.6. The minimum atomic E-state index is -0.222. The highest BCUT2D eigenvalue weighted by Crippen LogP contribution is 2.40. The van der Waals surface area contributed by atoms with Gasteiger partial charge in [0, 0.05) is 63.7 Å². The maximum atomic E-state index is 13.6. The molecule has 194 valence electrons. The van der Waals surface area contributed by atoms with Crippen LogP contribution in [0.3, 0.4) is 0 Å². The Balaban J connectivity index is 1.97. The normalized spacial score (nSPS) is 12.9. The van der Waals surface area contributed by atoms with E-state index in [0.717, 1.165) is 34.8 Å². The van der Waals surface area contributed by atoms with Crippen LogP contribution in [0.1, 0.15) is 65.1 Å². The quantitative estimate of drug-likeness (QED) is 0.543. The number of fused-ring (bicyclic) bond motifs is 1. The Morgan fingerprint density at radius 2 is 1.78 bits per heavy atom. The molecule has 8 heteroatoms. The molecule has 0 atom stereocenters. The average molecular weight is 494 g/mol. The predicted molar refractivity (Wildman–Crippen MR) is 146 cm³/mol. The number of amidine groups is 1. The van der Waals surface area contributed by atoms with E-state index in [-0.39, 0.29) is 29.5 Å². The molecule has 2 aromatic carbocycles. The third-order valence-electron chi connectivity index (χ3n) is 6.73. The number of hydrogen-bond acceptors (Lipinski definition) is 6. The second-order valence-electron chi connectivity index (χ2n) is 10.5. The fourth-order valence-corrected chi connectivity index (χ4v) is 4.52. The van der Waals surface area contributed by atoms with Crippen LogP contribution in [0.5, 0.6) is 5.75 Å². The van der Waals surface area contributed by atoms with Crippen molar-refractivity contribution in [2.75, 3.05) is 58.2 Å². The van der Waals surface area contributed by atoms with Crippen LogP contribution in [0.15, 0.2) is 24.3 Å². The van der Waals surface area contributed by atoms with Gasteiger partial charge in [0.15, 0.2) is 5.78 Å². The van der Waals surface area contributed by atoms with Gasteiger partial charge in [-0.2, -0.15) is 0 Å². The third-order valence-corrected chi connectivity index (χ3v) is 6.73. The molecule has 0 radical (unpaired) electrons. The average Bonchev–Trinajstić information content (AvgIpc) is 3.14. The molecule has 1 aliphatic heterocycles. The van der Waals surface area contributed by atoms with Gasteiger partial charge in [0.25, 0.3) is 5.91 Å². The van der Waals surface area contributed by atoms with Gasteiger partial charge in [0.1, 0.15) is 11.6 Å². The Kier molecular flexibility index (Phi) is 7.67. The summed E-state index contributed by atoms with van der Waals surface area (Å²) in [7, 11) is 9.01. The van der Waals surface area contributed by atoms with E-state index in [0.29, 0.717) is 23.2 Å². The first kappa shape index (κ1) is 27.0. The van der Waals surface area contributed by atoms with Gasteiger partial charge in [-0.25, -0.2) is 0 Å². The van der Waals surface area contributed by atoms with Gasteiger partial charge >= 0.3 is 0 Å². The molecule has 1 aliphatic rings. The third kappa shape index (κ3) is 5.03. The van der Waals surface area contributed by atoms with E-state index in [2.05, 4.69) is 37.9 Å². The van der Waals surface area contributed by atoms with Crippen molar-refractivity contribution in [2.45, 2.75) is 39.7 Å². The maximum Gasteiger partial charge on any atom is 0.253 e. The van der Waals surface area contributed by atoms with E-state index >= 15 is 0 Å². The van der Waals surface area contributed by atoms with Gasteiger partial charge in [0.05, 0.1) is 24.9 Å². The second-order valence-corrected chi connectivity index (χ2v) is 10.5. The van der Waals surface area contributed by atoms with Crippen molar-refractivity contribution in [3.05, 3.63) is 52.1 Å².